The predicted molar refractivity (Wildman–Crippen MR) is 108 cm³/mol. The number of hydrogen-bond acceptors (Lipinski definition) is 2. The van der Waals surface area contributed by atoms with Gasteiger partial charge in [0.1, 0.15) is 0 Å². The number of likely N-dealkylation sites (tertiary alicyclic amines) is 2. The van der Waals surface area contributed by atoms with E-state index < -0.39 is 0 Å². The molecule has 2 heterocycles. The van der Waals surface area contributed by atoms with E-state index in [1.165, 1.54) is 84.0 Å². The Labute approximate surface area is 159 Å². The van der Waals surface area contributed by atoms with E-state index in [0.717, 1.165) is 12.1 Å². The molecule has 2 aliphatic heterocycles. The highest BCUT2D eigenvalue weighted by atomic mass is 16.0. The van der Waals surface area contributed by atoms with Crippen LogP contribution < -0.4 is 9.80 Å². The lowest BCUT2D eigenvalue weighted by atomic mass is 10.2. The summed E-state index contributed by atoms with van der Waals surface area (Å²) < 4.78 is 0. The summed E-state index contributed by atoms with van der Waals surface area (Å²) in [5.74, 6) is 0. The standard InChI is InChI=1S/2C8H17N.C5H12.2H2O/c2*1-3-8-6-5-7-9(8)4-2;1-3-5-4-2;;/h2*8H,3-7H2,1-2H3;3-5H2,1-2H3;2*1H2. The number of quaternary nitrogens is 2. The van der Waals surface area contributed by atoms with Crippen molar-refractivity contribution in [1.29, 1.82) is 0 Å². The Morgan fingerprint density at radius 2 is 1.00 bits per heavy atom. The molecule has 0 saturated carbocycles. The van der Waals surface area contributed by atoms with E-state index in [0.29, 0.717) is 0 Å². The Hall–Kier alpha value is -0.160. The maximum Gasteiger partial charge on any atom is 0.0874 e. The molecule has 0 aromatic carbocycles. The van der Waals surface area contributed by atoms with Crippen LogP contribution in [0.25, 0.3) is 0 Å². The first kappa shape index (κ1) is 29.6. The summed E-state index contributed by atoms with van der Waals surface area (Å²) in [4.78, 5) is 3.66. The van der Waals surface area contributed by atoms with Gasteiger partial charge in [0.2, 0.25) is 0 Å². The summed E-state index contributed by atoms with van der Waals surface area (Å²) in [5, 5.41) is 0. The first-order valence-corrected chi connectivity index (χ1v) is 10.9. The fraction of sp³-hybridized carbons (Fsp3) is 1.00. The zero-order chi connectivity index (χ0) is 17.5. The second kappa shape index (κ2) is 20.2. The monoisotopic (exact) mass is 362 g/mol. The lowest BCUT2D eigenvalue weighted by Crippen LogP contribution is -3.13. The van der Waals surface area contributed by atoms with Crippen molar-refractivity contribution in [1.82, 2.24) is 0 Å². The molecule has 4 heteroatoms. The van der Waals surface area contributed by atoms with E-state index in [1.54, 1.807) is 0 Å². The summed E-state index contributed by atoms with van der Waals surface area (Å²) in [6.07, 6.45) is 12.7. The second-order valence-corrected chi connectivity index (χ2v) is 7.37. The topological polar surface area (TPSA) is 68.9 Å². The molecule has 0 bridgehead atoms. The zero-order valence-corrected chi connectivity index (χ0v) is 18.2. The third-order valence-electron chi connectivity index (χ3n) is 5.86. The van der Waals surface area contributed by atoms with Crippen molar-refractivity contribution in [2.24, 2.45) is 0 Å². The Bertz CT molecular complexity index is 208. The van der Waals surface area contributed by atoms with Crippen molar-refractivity contribution in [2.75, 3.05) is 26.2 Å². The molecule has 2 rings (SSSR count). The van der Waals surface area contributed by atoms with Gasteiger partial charge < -0.3 is 20.8 Å². The van der Waals surface area contributed by atoms with Gasteiger partial charge >= 0.3 is 0 Å². The van der Waals surface area contributed by atoms with E-state index in [4.69, 9.17) is 0 Å². The molecule has 2 saturated heterocycles. The molecule has 4 N–H and O–H groups in total. The number of unbranched alkanes of at least 4 members (excludes halogenated alkanes) is 2. The van der Waals surface area contributed by atoms with Crippen molar-refractivity contribution in [3.63, 3.8) is 0 Å². The third-order valence-corrected chi connectivity index (χ3v) is 5.86. The molecule has 156 valence electrons. The maximum atomic E-state index is 2.31. The molecule has 0 radical (unpaired) electrons. The van der Waals surface area contributed by atoms with E-state index in [-0.39, 0.29) is 11.0 Å². The Morgan fingerprint density at radius 3 is 1.16 bits per heavy atom. The normalized spacial score (nSPS) is 27.1. The summed E-state index contributed by atoms with van der Waals surface area (Å²) in [7, 11) is 0. The van der Waals surface area contributed by atoms with E-state index in [2.05, 4.69) is 41.5 Å². The highest BCUT2D eigenvalue weighted by molar-refractivity contribution is 4.59. The summed E-state index contributed by atoms with van der Waals surface area (Å²) >= 11 is 0. The van der Waals surface area contributed by atoms with Crippen LogP contribution in [0, 0.1) is 0 Å². The summed E-state index contributed by atoms with van der Waals surface area (Å²) in [5.41, 5.74) is 0. The van der Waals surface area contributed by atoms with Crippen molar-refractivity contribution >= 4 is 0 Å². The lowest BCUT2D eigenvalue weighted by Gasteiger charge is -2.17. The molecule has 0 spiro atoms. The van der Waals surface area contributed by atoms with Crippen molar-refractivity contribution in [2.45, 2.75) is 111 Å². The number of hydrogen-bond donors (Lipinski definition) is 2. The first-order chi connectivity index (χ1) is 11.2. The minimum absolute atomic E-state index is 0. The van der Waals surface area contributed by atoms with Crippen LogP contribution in [-0.2, 0) is 0 Å². The first-order valence-electron chi connectivity index (χ1n) is 10.9. The summed E-state index contributed by atoms with van der Waals surface area (Å²) in [6, 6.07) is 1.99. The zero-order valence-electron chi connectivity index (χ0n) is 18.2. The van der Waals surface area contributed by atoms with Crippen LogP contribution in [0.15, 0.2) is 0 Å². The van der Waals surface area contributed by atoms with Crippen molar-refractivity contribution < 1.29 is 20.8 Å². The highest BCUT2D eigenvalue weighted by Crippen LogP contribution is 2.02. The average molecular weight is 363 g/mol. The highest BCUT2D eigenvalue weighted by Gasteiger charge is 2.25. The molecule has 25 heavy (non-hydrogen) atoms. The van der Waals surface area contributed by atoms with Gasteiger partial charge in [-0.05, 0) is 26.7 Å². The van der Waals surface area contributed by atoms with Gasteiger partial charge in [-0.1, -0.05) is 47.0 Å². The molecule has 0 aliphatic carbocycles. The van der Waals surface area contributed by atoms with Crippen LogP contribution >= 0.6 is 0 Å². The molecule has 0 amide bonds. The van der Waals surface area contributed by atoms with Crippen molar-refractivity contribution in [3.8, 4) is 0 Å². The smallest absolute Gasteiger partial charge is 0.0874 e. The van der Waals surface area contributed by atoms with Gasteiger partial charge in [0.05, 0.1) is 38.3 Å². The molecule has 0 aromatic rings. The Kier molecular flexibility index (Phi) is 23.9. The minimum Gasteiger partial charge on any atom is -0.870 e. The SMILES string of the molecule is CCC1CCC[NH+]1CC.CCC1CCC[NH+]1CC.CCCCC.[OH-].[OH-]. The maximum absolute atomic E-state index is 2.31. The van der Waals surface area contributed by atoms with E-state index in [1.807, 2.05) is 9.80 Å². The molecule has 4 unspecified atom stereocenters. The summed E-state index contributed by atoms with van der Waals surface area (Å²) in [6.45, 7) is 19.2. The number of nitrogens with one attached hydrogen (secondary N) is 2. The lowest BCUT2D eigenvalue weighted by molar-refractivity contribution is -0.910. The fourth-order valence-corrected chi connectivity index (χ4v) is 4.24. The van der Waals surface area contributed by atoms with Crippen molar-refractivity contribution in [3.05, 3.63) is 0 Å². The molecular formula is C21H50N2O2. The van der Waals surface area contributed by atoms with Gasteiger partial charge in [0, 0.05) is 25.7 Å². The van der Waals surface area contributed by atoms with Crippen LogP contribution in [0.1, 0.15) is 99.3 Å². The van der Waals surface area contributed by atoms with Gasteiger partial charge in [-0.2, -0.15) is 0 Å². The van der Waals surface area contributed by atoms with Crippen LogP contribution in [0.2, 0.25) is 0 Å². The average Bonchev–Trinajstić information content (AvgIpc) is 3.24. The van der Waals surface area contributed by atoms with E-state index >= 15 is 0 Å². The Morgan fingerprint density at radius 1 is 0.640 bits per heavy atom. The molecular weight excluding hydrogens is 312 g/mol. The second-order valence-electron chi connectivity index (χ2n) is 7.37. The Balaban J connectivity index is -0.000000291. The van der Waals surface area contributed by atoms with Crippen LogP contribution in [0.5, 0.6) is 0 Å². The fourth-order valence-electron chi connectivity index (χ4n) is 4.24. The third kappa shape index (κ3) is 12.8. The van der Waals surface area contributed by atoms with Gasteiger partial charge in [0.25, 0.3) is 0 Å². The molecule has 2 fully saturated rings. The molecule has 0 aromatic heterocycles. The largest absolute Gasteiger partial charge is 0.870 e. The minimum atomic E-state index is 0. The predicted octanol–water partition coefficient (Wildman–Crippen LogP) is 2.77. The van der Waals surface area contributed by atoms with Gasteiger partial charge in [-0.3, -0.25) is 0 Å². The van der Waals surface area contributed by atoms with Gasteiger partial charge in [-0.25, -0.2) is 0 Å². The van der Waals surface area contributed by atoms with Gasteiger partial charge in [0.15, 0.2) is 0 Å². The van der Waals surface area contributed by atoms with Crippen LogP contribution in [0.3, 0.4) is 0 Å². The molecule has 2 aliphatic rings. The molecule has 4 nitrogen and oxygen atoms in total. The van der Waals surface area contributed by atoms with Crippen LogP contribution in [-0.4, -0.2) is 49.2 Å². The van der Waals surface area contributed by atoms with Crippen LogP contribution in [0.4, 0.5) is 0 Å². The van der Waals surface area contributed by atoms with E-state index in [9.17, 15) is 0 Å². The van der Waals surface area contributed by atoms with Gasteiger partial charge in [-0.15, -0.1) is 0 Å². The molecule has 4 atom stereocenters. The quantitative estimate of drug-likeness (QED) is 0.763. The number of rotatable bonds is 6.